The number of aromatic nitrogens is 2. The first-order valence-electron chi connectivity index (χ1n) is 8.83. The van der Waals surface area contributed by atoms with E-state index in [0.717, 1.165) is 37.9 Å². The molecule has 1 aliphatic heterocycles. The van der Waals surface area contributed by atoms with E-state index in [1.807, 2.05) is 29.3 Å². The molecule has 1 atom stereocenters. The van der Waals surface area contributed by atoms with Gasteiger partial charge >= 0.3 is 0 Å². The molecule has 1 amide bonds. The van der Waals surface area contributed by atoms with Crippen LogP contribution in [0.25, 0.3) is 10.9 Å². The van der Waals surface area contributed by atoms with Gasteiger partial charge in [-0.15, -0.1) is 0 Å². The monoisotopic (exact) mass is 331 g/mol. The summed E-state index contributed by atoms with van der Waals surface area (Å²) in [5, 5.41) is 1.22. The first-order valence-corrected chi connectivity index (χ1v) is 8.83. The first kappa shape index (κ1) is 15.8. The Morgan fingerprint density at radius 3 is 2.92 bits per heavy atom. The fourth-order valence-corrected chi connectivity index (χ4v) is 3.74. The largest absolute Gasteiger partial charge is 0.338 e. The minimum atomic E-state index is 0.0948. The number of piperidine rings is 1. The van der Waals surface area contributed by atoms with Crippen molar-refractivity contribution in [3.63, 3.8) is 0 Å². The zero-order valence-electron chi connectivity index (χ0n) is 14.1. The average Bonchev–Trinajstić information content (AvgIpc) is 2.69. The van der Waals surface area contributed by atoms with Gasteiger partial charge in [0.1, 0.15) is 0 Å². The van der Waals surface area contributed by atoms with Gasteiger partial charge in [-0.2, -0.15) is 0 Å². The third-order valence-corrected chi connectivity index (χ3v) is 4.96. The van der Waals surface area contributed by atoms with Crippen molar-refractivity contribution in [3.05, 3.63) is 72.2 Å². The van der Waals surface area contributed by atoms with Gasteiger partial charge in [0.15, 0.2) is 0 Å². The molecular weight excluding hydrogens is 310 g/mol. The zero-order chi connectivity index (χ0) is 17.1. The maximum absolute atomic E-state index is 12.7. The molecule has 1 aromatic carbocycles. The molecule has 0 aliphatic carbocycles. The zero-order valence-corrected chi connectivity index (χ0v) is 14.1. The lowest BCUT2D eigenvalue weighted by Crippen LogP contribution is -2.40. The predicted octanol–water partition coefficient (Wildman–Crippen LogP) is 3.72. The second-order valence-corrected chi connectivity index (χ2v) is 6.69. The SMILES string of the molecule is O=C(c1cccnc1)N1CCCC(Cc2cccc3ncccc23)C1. The molecule has 0 N–H and O–H groups in total. The molecule has 0 radical (unpaired) electrons. The molecule has 1 saturated heterocycles. The molecule has 0 bridgehead atoms. The number of fused-ring (bicyclic) bond motifs is 1. The normalized spacial score (nSPS) is 17.6. The van der Waals surface area contributed by atoms with Crippen molar-refractivity contribution in [2.75, 3.05) is 13.1 Å². The molecule has 3 aromatic rings. The predicted molar refractivity (Wildman–Crippen MR) is 98.3 cm³/mol. The molecule has 4 nitrogen and oxygen atoms in total. The molecule has 25 heavy (non-hydrogen) atoms. The van der Waals surface area contributed by atoms with Crippen LogP contribution in [-0.4, -0.2) is 33.9 Å². The van der Waals surface area contributed by atoms with E-state index < -0.39 is 0 Å². The molecule has 0 spiro atoms. The summed E-state index contributed by atoms with van der Waals surface area (Å²) in [6.07, 6.45) is 8.39. The Balaban J connectivity index is 1.51. The van der Waals surface area contributed by atoms with Crippen molar-refractivity contribution in [2.45, 2.75) is 19.3 Å². The van der Waals surface area contributed by atoms with Crippen molar-refractivity contribution in [3.8, 4) is 0 Å². The highest BCUT2D eigenvalue weighted by molar-refractivity contribution is 5.94. The topological polar surface area (TPSA) is 46.1 Å². The Morgan fingerprint density at radius 2 is 2.04 bits per heavy atom. The smallest absolute Gasteiger partial charge is 0.255 e. The lowest BCUT2D eigenvalue weighted by Gasteiger charge is -2.33. The number of hydrogen-bond acceptors (Lipinski definition) is 3. The van der Waals surface area contributed by atoms with Crippen molar-refractivity contribution in [2.24, 2.45) is 5.92 Å². The van der Waals surface area contributed by atoms with Crippen LogP contribution in [0.3, 0.4) is 0 Å². The third-order valence-electron chi connectivity index (χ3n) is 4.96. The Morgan fingerprint density at radius 1 is 1.12 bits per heavy atom. The van der Waals surface area contributed by atoms with E-state index in [1.54, 1.807) is 12.4 Å². The maximum atomic E-state index is 12.7. The number of likely N-dealkylation sites (tertiary alicyclic amines) is 1. The number of rotatable bonds is 3. The molecule has 2 aromatic heterocycles. The summed E-state index contributed by atoms with van der Waals surface area (Å²) < 4.78 is 0. The molecule has 1 aliphatic rings. The summed E-state index contributed by atoms with van der Waals surface area (Å²) in [6, 6.07) is 14.1. The van der Waals surface area contributed by atoms with Crippen molar-refractivity contribution < 1.29 is 4.79 Å². The van der Waals surface area contributed by atoms with E-state index in [0.29, 0.717) is 11.5 Å². The molecule has 126 valence electrons. The molecule has 3 heterocycles. The van der Waals surface area contributed by atoms with Gasteiger partial charge in [-0.25, -0.2) is 0 Å². The second kappa shape index (κ2) is 7.01. The van der Waals surface area contributed by atoms with Gasteiger partial charge in [0, 0.05) is 37.1 Å². The van der Waals surface area contributed by atoms with Crippen LogP contribution >= 0.6 is 0 Å². The Bertz CT molecular complexity index is 873. The van der Waals surface area contributed by atoms with E-state index in [-0.39, 0.29) is 5.91 Å². The quantitative estimate of drug-likeness (QED) is 0.735. The van der Waals surface area contributed by atoms with Gasteiger partial charge in [-0.05, 0) is 55.0 Å². The second-order valence-electron chi connectivity index (χ2n) is 6.69. The van der Waals surface area contributed by atoms with Gasteiger partial charge < -0.3 is 4.90 Å². The highest BCUT2D eigenvalue weighted by Gasteiger charge is 2.25. The molecule has 4 rings (SSSR count). The van der Waals surface area contributed by atoms with E-state index in [2.05, 4.69) is 34.2 Å². The van der Waals surface area contributed by atoms with Gasteiger partial charge in [0.2, 0.25) is 0 Å². The van der Waals surface area contributed by atoms with Crippen LogP contribution in [0.2, 0.25) is 0 Å². The summed E-state index contributed by atoms with van der Waals surface area (Å²) in [4.78, 5) is 23.2. The number of amides is 1. The average molecular weight is 331 g/mol. The number of nitrogens with zero attached hydrogens (tertiary/aromatic N) is 3. The van der Waals surface area contributed by atoms with Crippen LogP contribution in [0.4, 0.5) is 0 Å². The summed E-state index contributed by atoms with van der Waals surface area (Å²) >= 11 is 0. The van der Waals surface area contributed by atoms with Crippen LogP contribution in [0.5, 0.6) is 0 Å². The minimum Gasteiger partial charge on any atom is -0.338 e. The molecule has 1 fully saturated rings. The van der Waals surface area contributed by atoms with Crippen LogP contribution in [0, 0.1) is 5.92 Å². The molecule has 0 saturated carbocycles. The Labute approximate surface area is 147 Å². The third kappa shape index (κ3) is 3.38. The van der Waals surface area contributed by atoms with E-state index in [9.17, 15) is 4.79 Å². The highest BCUT2D eigenvalue weighted by atomic mass is 16.2. The number of carbonyl (C=O) groups excluding carboxylic acids is 1. The molecule has 4 heteroatoms. The lowest BCUT2D eigenvalue weighted by atomic mass is 9.89. The maximum Gasteiger partial charge on any atom is 0.255 e. The Kier molecular flexibility index (Phi) is 4.42. The Hall–Kier alpha value is -2.75. The molecular formula is C21H21N3O. The summed E-state index contributed by atoms with van der Waals surface area (Å²) in [5.74, 6) is 0.581. The van der Waals surface area contributed by atoms with E-state index in [4.69, 9.17) is 0 Å². The minimum absolute atomic E-state index is 0.0948. The van der Waals surface area contributed by atoms with E-state index in [1.165, 1.54) is 10.9 Å². The number of benzene rings is 1. The fourth-order valence-electron chi connectivity index (χ4n) is 3.74. The van der Waals surface area contributed by atoms with Gasteiger partial charge in [-0.1, -0.05) is 18.2 Å². The first-order chi connectivity index (χ1) is 12.3. The van der Waals surface area contributed by atoms with Crippen LogP contribution in [0.1, 0.15) is 28.8 Å². The van der Waals surface area contributed by atoms with Crippen molar-refractivity contribution >= 4 is 16.8 Å². The van der Waals surface area contributed by atoms with Gasteiger partial charge in [0.25, 0.3) is 5.91 Å². The van der Waals surface area contributed by atoms with Crippen molar-refractivity contribution in [1.82, 2.24) is 14.9 Å². The number of carbonyl (C=O) groups is 1. The lowest BCUT2D eigenvalue weighted by molar-refractivity contribution is 0.0673. The van der Waals surface area contributed by atoms with Gasteiger partial charge in [-0.3, -0.25) is 14.8 Å². The summed E-state index contributed by atoms with van der Waals surface area (Å²) in [5.41, 5.74) is 3.04. The highest BCUT2D eigenvalue weighted by Crippen LogP contribution is 2.25. The van der Waals surface area contributed by atoms with Crippen LogP contribution in [-0.2, 0) is 6.42 Å². The van der Waals surface area contributed by atoms with Gasteiger partial charge in [0.05, 0.1) is 11.1 Å². The van der Waals surface area contributed by atoms with E-state index >= 15 is 0 Å². The van der Waals surface area contributed by atoms with Crippen molar-refractivity contribution in [1.29, 1.82) is 0 Å². The summed E-state index contributed by atoms with van der Waals surface area (Å²) in [6.45, 7) is 1.64. The summed E-state index contributed by atoms with van der Waals surface area (Å²) in [7, 11) is 0. The fraction of sp³-hybridized carbons (Fsp3) is 0.286. The number of pyridine rings is 2. The van der Waals surface area contributed by atoms with Crippen LogP contribution in [0.15, 0.2) is 61.1 Å². The molecule has 1 unspecified atom stereocenters. The number of hydrogen-bond donors (Lipinski definition) is 0. The standard InChI is InChI=1S/C21H21N3O/c25-21(18-7-2-10-22-14-18)24-12-4-5-16(15-24)13-17-6-1-9-20-19(17)8-3-11-23-20/h1-3,6-11,14,16H,4-5,12-13,15H2. The van der Waals surface area contributed by atoms with Crippen LogP contribution < -0.4 is 0 Å².